The van der Waals surface area contributed by atoms with E-state index >= 15 is 0 Å². The fourth-order valence-electron chi connectivity index (χ4n) is 0.714. The van der Waals surface area contributed by atoms with Crippen LogP contribution in [0.25, 0.3) is 0 Å². The van der Waals surface area contributed by atoms with Crippen molar-refractivity contribution < 1.29 is 15.3 Å². The number of rotatable bonds is 8. The van der Waals surface area contributed by atoms with E-state index in [0.29, 0.717) is 13.1 Å². The lowest BCUT2D eigenvalue weighted by Crippen LogP contribution is -2.34. The molecule has 1 atom stereocenters. The summed E-state index contributed by atoms with van der Waals surface area (Å²) in [5.41, 5.74) is 0. The smallest absolute Gasteiger partial charge is 0.0894 e. The number of aliphatic hydroxyl groups is 3. The van der Waals surface area contributed by atoms with Crippen LogP contribution < -0.4 is 10.6 Å². The summed E-state index contributed by atoms with van der Waals surface area (Å²) in [4.78, 5) is 0. The quantitative estimate of drug-likeness (QED) is 0.266. The lowest BCUT2D eigenvalue weighted by molar-refractivity contribution is 0.0946. The zero-order valence-electron chi connectivity index (χ0n) is 7.16. The molecule has 5 heteroatoms. The third-order valence-electron chi connectivity index (χ3n) is 1.36. The summed E-state index contributed by atoms with van der Waals surface area (Å²) >= 11 is 0. The van der Waals surface area contributed by atoms with E-state index in [4.69, 9.17) is 15.3 Å². The van der Waals surface area contributed by atoms with Gasteiger partial charge in [-0.15, -0.1) is 0 Å². The van der Waals surface area contributed by atoms with Crippen LogP contribution in [-0.2, 0) is 0 Å². The lowest BCUT2D eigenvalue weighted by atomic mass is 10.4. The molecule has 5 nitrogen and oxygen atoms in total. The second-order valence-electron chi connectivity index (χ2n) is 2.51. The Balaban J connectivity index is 2.90. The molecule has 0 saturated heterocycles. The molecule has 0 amide bonds. The van der Waals surface area contributed by atoms with Gasteiger partial charge < -0.3 is 26.0 Å². The highest BCUT2D eigenvalue weighted by Crippen LogP contribution is 1.74. The van der Waals surface area contributed by atoms with E-state index in [-0.39, 0.29) is 13.2 Å². The molecule has 5 N–H and O–H groups in total. The molecular formula is C7H18N2O3. The zero-order valence-corrected chi connectivity index (χ0v) is 7.16. The highest BCUT2D eigenvalue weighted by molar-refractivity contribution is 4.58. The molecule has 0 aliphatic carbocycles. The van der Waals surface area contributed by atoms with Crippen molar-refractivity contribution in [3.05, 3.63) is 0 Å². The van der Waals surface area contributed by atoms with E-state index in [0.717, 1.165) is 13.1 Å². The van der Waals surface area contributed by atoms with Gasteiger partial charge in [-0.1, -0.05) is 0 Å². The first kappa shape index (κ1) is 11.8. The minimum absolute atomic E-state index is 0.138. The third-order valence-corrected chi connectivity index (χ3v) is 1.36. The first-order chi connectivity index (χ1) is 5.81. The largest absolute Gasteiger partial charge is 0.395 e. The maximum absolute atomic E-state index is 8.89. The topological polar surface area (TPSA) is 84.8 Å². The predicted octanol–water partition coefficient (Wildman–Crippen LogP) is -2.49. The molecule has 0 fully saturated rings. The summed E-state index contributed by atoms with van der Waals surface area (Å²) in [7, 11) is 0. The van der Waals surface area contributed by atoms with Gasteiger partial charge in [0.15, 0.2) is 0 Å². The van der Waals surface area contributed by atoms with Crippen LogP contribution in [0.15, 0.2) is 0 Å². The van der Waals surface area contributed by atoms with Crippen molar-refractivity contribution in [2.75, 3.05) is 39.4 Å². The molecule has 0 aliphatic rings. The Morgan fingerprint density at radius 1 is 1.00 bits per heavy atom. The van der Waals surface area contributed by atoms with Gasteiger partial charge in [-0.25, -0.2) is 0 Å². The zero-order chi connectivity index (χ0) is 9.23. The average molecular weight is 178 g/mol. The van der Waals surface area contributed by atoms with Crippen molar-refractivity contribution in [2.45, 2.75) is 6.10 Å². The summed E-state index contributed by atoms with van der Waals surface area (Å²) in [6.45, 7) is 2.38. The maximum Gasteiger partial charge on any atom is 0.0894 e. The van der Waals surface area contributed by atoms with Crippen molar-refractivity contribution in [3.63, 3.8) is 0 Å². The minimum atomic E-state index is -0.678. The Bertz CT molecular complexity index is 92.7. The van der Waals surface area contributed by atoms with E-state index in [2.05, 4.69) is 10.6 Å². The molecule has 0 bridgehead atoms. The van der Waals surface area contributed by atoms with Crippen LogP contribution in [0.5, 0.6) is 0 Å². The monoisotopic (exact) mass is 178 g/mol. The molecule has 0 radical (unpaired) electrons. The van der Waals surface area contributed by atoms with Gasteiger partial charge >= 0.3 is 0 Å². The van der Waals surface area contributed by atoms with Crippen molar-refractivity contribution in [2.24, 2.45) is 0 Å². The van der Waals surface area contributed by atoms with Crippen molar-refractivity contribution in [1.29, 1.82) is 0 Å². The lowest BCUT2D eigenvalue weighted by Gasteiger charge is -2.08. The van der Waals surface area contributed by atoms with E-state index in [1.165, 1.54) is 0 Å². The van der Waals surface area contributed by atoms with Crippen LogP contribution in [0.1, 0.15) is 0 Å². The Hall–Kier alpha value is -0.200. The molecule has 1 unspecified atom stereocenters. The molecule has 0 aliphatic heterocycles. The summed E-state index contributed by atoms with van der Waals surface area (Å²) in [6, 6.07) is 0. The molecular weight excluding hydrogens is 160 g/mol. The van der Waals surface area contributed by atoms with Gasteiger partial charge in [-0.3, -0.25) is 0 Å². The number of aliphatic hydroxyl groups excluding tert-OH is 3. The first-order valence-electron chi connectivity index (χ1n) is 4.12. The molecule has 0 aromatic rings. The predicted molar refractivity (Wildman–Crippen MR) is 45.9 cm³/mol. The van der Waals surface area contributed by atoms with Crippen LogP contribution in [0.3, 0.4) is 0 Å². The van der Waals surface area contributed by atoms with E-state index in [9.17, 15) is 0 Å². The fourth-order valence-corrected chi connectivity index (χ4v) is 0.714. The molecule has 0 saturated carbocycles. The molecule has 12 heavy (non-hydrogen) atoms. The maximum atomic E-state index is 8.89. The highest BCUT2D eigenvalue weighted by Gasteiger charge is 1.98. The highest BCUT2D eigenvalue weighted by atomic mass is 16.3. The summed E-state index contributed by atoms with van der Waals surface area (Å²) in [6.07, 6.45) is -0.678. The van der Waals surface area contributed by atoms with Gasteiger partial charge in [0.1, 0.15) is 0 Å². The number of nitrogens with one attached hydrogen (secondary N) is 2. The van der Waals surface area contributed by atoms with Crippen LogP contribution in [-0.4, -0.2) is 60.8 Å². The number of hydrogen-bond acceptors (Lipinski definition) is 5. The first-order valence-corrected chi connectivity index (χ1v) is 4.12. The normalized spacial score (nSPS) is 13.2. The van der Waals surface area contributed by atoms with E-state index in [1.54, 1.807) is 0 Å². The molecule has 74 valence electrons. The molecule has 0 heterocycles. The Morgan fingerprint density at radius 2 is 1.67 bits per heavy atom. The SMILES string of the molecule is OCCNCCNCC(O)CO. The van der Waals surface area contributed by atoms with Gasteiger partial charge in [0.25, 0.3) is 0 Å². The minimum Gasteiger partial charge on any atom is -0.395 e. The van der Waals surface area contributed by atoms with Crippen LogP contribution in [0.2, 0.25) is 0 Å². The van der Waals surface area contributed by atoms with Crippen LogP contribution in [0.4, 0.5) is 0 Å². The third kappa shape index (κ3) is 7.90. The van der Waals surface area contributed by atoms with Gasteiger partial charge in [0.2, 0.25) is 0 Å². The second-order valence-corrected chi connectivity index (χ2v) is 2.51. The molecule has 0 aromatic heterocycles. The van der Waals surface area contributed by atoms with Crippen molar-refractivity contribution >= 4 is 0 Å². The standard InChI is InChI=1S/C7H18N2O3/c10-4-3-8-1-2-9-5-7(12)6-11/h7-12H,1-6H2. The van der Waals surface area contributed by atoms with Gasteiger partial charge in [-0.2, -0.15) is 0 Å². The Morgan fingerprint density at radius 3 is 2.25 bits per heavy atom. The van der Waals surface area contributed by atoms with Gasteiger partial charge in [-0.05, 0) is 0 Å². The fraction of sp³-hybridized carbons (Fsp3) is 1.00. The Labute approximate surface area is 72.4 Å². The molecule has 0 rings (SSSR count). The van der Waals surface area contributed by atoms with Gasteiger partial charge in [0, 0.05) is 26.2 Å². The average Bonchev–Trinajstić information content (AvgIpc) is 2.10. The second kappa shape index (κ2) is 8.89. The van der Waals surface area contributed by atoms with Crippen LogP contribution >= 0.6 is 0 Å². The number of hydrogen-bond donors (Lipinski definition) is 5. The van der Waals surface area contributed by atoms with E-state index in [1.807, 2.05) is 0 Å². The Kier molecular flexibility index (Phi) is 8.74. The van der Waals surface area contributed by atoms with Crippen LogP contribution in [0, 0.1) is 0 Å². The molecule has 0 spiro atoms. The summed E-state index contributed by atoms with van der Waals surface area (Å²) in [5.74, 6) is 0. The van der Waals surface area contributed by atoms with Crippen molar-refractivity contribution in [3.8, 4) is 0 Å². The van der Waals surface area contributed by atoms with Crippen molar-refractivity contribution in [1.82, 2.24) is 10.6 Å². The summed E-state index contributed by atoms with van der Waals surface area (Å²) < 4.78 is 0. The van der Waals surface area contributed by atoms with E-state index < -0.39 is 6.10 Å². The van der Waals surface area contributed by atoms with Gasteiger partial charge in [0.05, 0.1) is 19.3 Å². The summed E-state index contributed by atoms with van der Waals surface area (Å²) in [5, 5.41) is 31.6. The molecule has 0 aromatic carbocycles.